The van der Waals surface area contributed by atoms with Crippen molar-refractivity contribution >= 4 is 5.78 Å². The lowest BCUT2D eigenvalue weighted by atomic mass is 9.84. The van der Waals surface area contributed by atoms with Gasteiger partial charge in [-0.3, -0.25) is 4.79 Å². The third kappa shape index (κ3) is 3.09. The SMILES string of the molecule is CC(=O)/C=C/CC(C)(C)c1oc(C)cc1C. The van der Waals surface area contributed by atoms with Crippen molar-refractivity contribution in [2.24, 2.45) is 0 Å². The monoisotopic (exact) mass is 220 g/mol. The van der Waals surface area contributed by atoms with Gasteiger partial charge in [-0.25, -0.2) is 0 Å². The average molecular weight is 220 g/mol. The van der Waals surface area contributed by atoms with Crippen LogP contribution in [-0.2, 0) is 10.2 Å². The Bertz CT molecular complexity index is 408. The first-order chi connectivity index (χ1) is 7.33. The van der Waals surface area contributed by atoms with E-state index in [2.05, 4.69) is 20.8 Å². The van der Waals surface area contributed by atoms with Crippen molar-refractivity contribution in [1.29, 1.82) is 0 Å². The van der Waals surface area contributed by atoms with Crippen molar-refractivity contribution < 1.29 is 9.21 Å². The van der Waals surface area contributed by atoms with Crippen LogP contribution in [0.5, 0.6) is 0 Å². The van der Waals surface area contributed by atoms with Crippen molar-refractivity contribution in [1.82, 2.24) is 0 Å². The molecule has 0 fully saturated rings. The summed E-state index contributed by atoms with van der Waals surface area (Å²) in [7, 11) is 0. The van der Waals surface area contributed by atoms with Crippen LogP contribution in [-0.4, -0.2) is 5.78 Å². The third-order valence-corrected chi connectivity index (χ3v) is 2.64. The Morgan fingerprint density at radius 2 is 2.06 bits per heavy atom. The maximum Gasteiger partial charge on any atom is 0.152 e. The predicted octanol–water partition coefficient (Wildman–Crippen LogP) is 3.71. The van der Waals surface area contributed by atoms with Gasteiger partial charge < -0.3 is 4.42 Å². The summed E-state index contributed by atoms with van der Waals surface area (Å²) in [5, 5.41) is 0. The number of allylic oxidation sites excluding steroid dienone is 2. The van der Waals surface area contributed by atoms with E-state index in [1.165, 1.54) is 5.56 Å². The predicted molar refractivity (Wildman–Crippen MR) is 65.6 cm³/mol. The van der Waals surface area contributed by atoms with Crippen LogP contribution in [0.25, 0.3) is 0 Å². The molecule has 0 aromatic carbocycles. The summed E-state index contributed by atoms with van der Waals surface area (Å²) >= 11 is 0. The number of rotatable bonds is 4. The lowest BCUT2D eigenvalue weighted by molar-refractivity contribution is -0.112. The molecule has 0 radical (unpaired) electrons. The Labute approximate surface area is 97.3 Å². The van der Waals surface area contributed by atoms with E-state index in [1.807, 2.05) is 19.1 Å². The summed E-state index contributed by atoms with van der Waals surface area (Å²) in [6.45, 7) is 9.83. The number of hydrogen-bond acceptors (Lipinski definition) is 2. The zero-order chi connectivity index (χ0) is 12.3. The normalized spacial score (nSPS) is 12.3. The Morgan fingerprint density at radius 3 is 2.50 bits per heavy atom. The molecule has 0 N–H and O–H groups in total. The lowest BCUT2D eigenvalue weighted by Gasteiger charge is -2.21. The molecule has 0 spiro atoms. The fourth-order valence-corrected chi connectivity index (χ4v) is 1.93. The van der Waals surface area contributed by atoms with E-state index in [0.29, 0.717) is 0 Å². The van der Waals surface area contributed by atoms with E-state index >= 15 is 0 Å². The van der Waals surface area contributed by atoms with E-state index in [9.17, 15) is 4.79 Å². The summed E-state index contributed by atoms with van der Waals surface area (Å²) in [5.41, 5.74) is 1.11. The van der Waals surface area contributed by atoms with Gasteiger partial charge in [0.15, 0.2) is 5.78 Å². The minimum Gasteiger partial charge on any atom is -0.466 e. The molecule has 2 nitrogen and oxygen atoms in total. The highest BCUT2D eigenvalue weighted by atomic mass is 16.3. The summed E-state index contributed by atoms with van der Waals surface area (Å²) in [4.78, 5) is 10.8. The first kappa shape index (κ1) is 12.8. The summed E-state index contributed by atoms with van der Waals surface area (Å²) in [5.74, 6) is 2.04. The Kier molecular flexibility index (Phi) is 3.74. The topological polar surface area (TPSA) is 30.2 Å². The third-order valence-electron chi connectivity index (χ3n) is 2.64. The first-order valence-corrected chi connectivity index (χ1v) is 5.57. The van der Waals surface area contributed by atoms with Gasteiger partial charge in [-0.05, 0) is 44.9 Å². The molecule has 1 heterocycles. The Balaban J connectivity index is 2.85. The molecule has 0 atom stereocenters. The number of carbonyl (C=O) groups excluding carboxylic acids is 1. The van der Waals surface area contributed by atoms with Gasteiger partial charge in [0.2, 0.25) is 0 Å². The largest absolute Gasteiger partial charge is 0.466 e. The van der Waals surface area contributed by atoms with Crippen LogP contribution < -0.4 is 0 Å². The standard InChI is InChI=1S/C14H20O2/c1-10-9-12(3)16-13(10)14(4,5)8-6-7-11(2)15/h6-7,9H,8H2,1-5H3/b7-6+. The fraction of sp³-hybridized carbons (Fsp3) is 0.500. The molecule has 0 unspecified atom stereocenters. The quantitative estimate of drug-likeness (QED) is 0.724. The number of hydrogen-bond donors (Lipinski definition) is 0. The highest BCUT2D eigenvalue weighted by Crippen LogP contribution is 2.32. The van der Waals surface area contributed by atoms with E-state index in [0.717, 1.165) is 17.9 Å². The lowest BCUT2D eigenvalue weighted by Crippen LogP contribution is -2.16. The average Bonchev–Trinajstić information content (AvgIpc) is 2.44. The van der Waals surface area contributed by atoms with Gasteiger partial charge in [0.25, 0.3) is 0 Å². The van der Waals surface area contributed by atoms with Crippen LogP contribution in [0, 0.1) is 13.8 Å². The highest BCUT2D eigenvalue weighted by molar-refractivity contribution is 5.87. The van der Waals surface area contributed by atoms with Gasteiger partial charge in [0.1, 0.15) is 11.5 Å². The maximum absolute atomic E-state index is 10.8. The van der Waals surface area contributed by atoms with E-state index in [4.69, 9.17) is 4.42 Å². The molecule has 88 valence electrons. The van der Waals surface area contributed by atoms with E-state index < -0.39 is 0 Å². The highest BCUT2D eigenvalue weighted by Gasteiger charge is 2.25. The van der Waals surface area contributed by atoms with Crippen molar-refractivity contribution in [2.75, 3.05) is 0 Å². The van der Waals surface area contributed by atoms with Crippen LogP contribution in [0.2, 0.25) is 0 Å². The van der Waals surface area contributed by atoms with E-state index in [1.54, 1.807) is 13.0 Å². The molecule has 1 aromatic heterocycles. The molecule has 0 aliphatic carbocycles. The number of carbonyl (C=O) groups is 1. The van der Waals surface area contributed by atoms with Crippen LogP contribution in [0.1, 0.15) is 44.3 Å². The van der Waals surface area contributed by atoms with Crippen molar-refractivity contribution in [3.8, 4) is 0 Å². The molecule has 1 aromatic rings. The van der Waals surface area contributed by atoms with Crippen LogP contribution in [0.4, 0.5) is 0 Å². The van der Waals surface area contributed by atoms with Crippen molar-refractivity contribution in [3.05, 3.63) is 35.3 Å². The van der Waals surface area contributed by atoms with Gasteiger partial charge in [-0.15, -0.1) is 0 Å². The number of furan rings is 1. The number of aryl methyl sites for hydroxylation is 2. The Morgan fingerprint density at radius 1 is 1.44 bits per heavy atom. The van der Waals surface area contributed by atoms with Crippen LogP contribution in [0.3, 0.4) is 0 Å². The molecule has 2 heteroatoms. The maximum atomic E-state index is 10.8. The van der Waals surface area contributed by atoms with Gasteiger partial charge in [0, 0.05) is 5.41 Å². The second-order valence-electron chi connectivity index (χ2n) is 4.97. The van der Waals surface area contributed by atoms with Crippen molar-refractivity contribution in [2.45, 2.75) is 46.5 Å². The van der Waals surface area contributed by atoms with Gasteiger partial charge in [-0.2, -0.15) is 0 Å². The van der Waals surface area contributed by atoms with Crippen LogP contribution in [0.15, 0.2) is 22.6 Å². The minimum absolute atomic E-state index is 0.0652. The summed E-state index contributed by atoms with van der Waals surface area (Å²) < 4.78 is 5.72. The molecular formula is C14H20O2. The second kappa shape index (κ2) is 4.69. The molecule has 0 aliphatic rings. The fourth-order valence-electron chi connectivity index (χ4n) is 1.93. The summed E-state index contributed by atoms with van der Waals surface area (Å²) in [6, 6.07) is 2.05. The zero-order valence-electron chi connectivity index (χ0n) is 10.8. The van der Waals surface area contributed by atoms with Crippen molar-refractivity contribution in [3.63, 3.8) is 0 Å². The van der Waals surface area contributed by atoms with Gasteiger partial charge in [0.05, 0.1) is 0 Å². The first-order valence-electron chi connectivity index (χ1n) is 5.57. The zero-order valence-corrected chi connectivity index (χ0v) is 10.8. The van der Waals surface area contributed by atoms with E-state index in [-0.39, 0.29) is 11.2 Å². The molecule has 16 heavy (non-hydrogen) atoms. The molecule has 0 saturated heterocycles. The molecule has 1 rings (SSSR count). The molecule has 0 aliphatic heterocycles. The molecule has 0 saturated carbocycles. The Hall–Kier alpha value is -1.31. The van der Waals surface area contributed by atoms with Gasteiger partial charge >= 0.3 is 0 Å². The molecule has 0 amide bonds. The molecule has 0 bridgehead atoms. The molecular weight excluding hydrogens is 200 g/mol. The smallest absolute Gasteiger partial charge is 0.152 e. The van der Waals surface area contributed by atoms with Gasteiger partial charge in [-0.1, -0.05) is 19.9 Å². The number of ketones is 1. The minimum atomic E-state index is -0.0652. The second-order valence-corrected chi connectivity index (χ2v) is 4.97. The van der Waals surface area contributed by atoms with Crippen LogP contribution >= 0.6 is 0 Å². The summed E-state index contributed by atoms with van der Waals surface area (Å²) in [6.07, 6.45) is 4.34.